The zero-order valence-electron chi connectivity index (χ0n) is 12.7. The first-order valence-corrected chi connectivity index (χ1v) is 7.95. The number of anilines is 1. The lowest BCUT2D eigenvalue weighted by molar-refractivity contribution is 0.0690. The molecule has 0 bridgehead atoms. The minimum Gasteiger partial charge on any atom is -0.497 e. The van der Waals surface area contributed by atoms with E-state index < -0.39 is 0 Å². The maximum absolute atomic E-state index is 12.9. The molecule has 114 valence electrons. The smallest absolute Gasteiger partial charge is 0.256 e. The van der Waals surface area contributed by atoms with Crippen LogP contribution in [-0.2, 0) is 0 Å². The van der Waals surface area contributed by atoms with Gasteiger partial charge in [-0.1, -0.05) is 12.8 Å². The van der Waals surface area contributed by atoms with Crippen molar-refractivity contribution in [1.82, 2.24) is 4.90 Å². The number of likely N-dealkylation sites (tertiary alicyclic amines) is 1. The van der Waals surface area contributed by atoms with Crippen molar-refractivity contribution in [3.8, 4) is 5.75 Å². The van der Waals surface area contributed by atoms with Crippen LogP contribution in [0.25, 0.3) is 0 Å². The number of rotatable bonds is 3. The van der Waals surface area contributed by atoms with Crippen LogP contribution >= 0.6 is 0 Å². The molecule has 2 aliphatic rings. The monoisotopic (exact) mass is 288 g/mol. The first-order valence-electron chi connectivity index (χ1n) is 7.95. The summed E-state index contributed by atoms with van der Waals surface area (Å²) in [5.41, 5.74) is 7.13. The van der Waals surface area contributed by atoms with Gasteiger partial charge in [0.25, 0.3) is 5.91 Å². The molecule has 1 saturated heterocycles. The van der Waals surface area contributed by atoms with Gasteiger partial charge in [0.05, 0.1) is 12.7 Å². The van der Waals surface area contributed by atoms with Crippen LogP contribution in [0.5, 0.6) is 5.75 Å². The molecule has 1 aliphatic carbocycles. The standard InChI is InChI=1S/C17H24N2O2/c1-21-13-8-9-15(18)14(11-13)17(20)19-10-4-7-16(19)12-5-2-3-6-12/h8-9,11-12,16H,2-7,10,18H2,1H3. The predicted molar refractivity (Wildman–Crippen MR) is 83.4 cm³/mol. The Morgan fingerprint density at radius 1 is 1.24 bits per heavy atom. The fraction of sp³-hybridized carbons (Fsp3) is 0.588. The van der Waals surface area contributed by atoms with Crippen molar-refractivity contribution in [3.63, 3.8) is 0 Å². The molecule has 1 unspecified atom stereocenters. The Hall–Kier alpha value is -1.71. The minimum atomic E-state index is 0.0702. The van der Waals surface area contributed by atoms with Crippen LogP contribution in [0, 0.1) is 5.92 Å². The fourth-order valence-electron chi connectivity index (χ4n) is 3.88. The molecule has 0 aromatic heterocycles. The molecule has 0 spiro atoms. The van der Waals surface area contributed by atoms with Crippen LogP contribution in [0.15, 0.2) is 18.2 Å². The Balaban J connectivity index is 1.83. The Morgan fingerprint density at radius 3 is 2.71 bits per heavy atom. The van der Waals surface area contributed by atoms with Gasteiger partial charge in [-0.2, -0.15) is 0 Å². The lowest BCUT2D eigenvalue weighted by atomic mass is 9.95. The molecule has 2 N–H and O–H groups in total. The third kappa shape index (κ3) is 2.71. The van der Waals surface area contributed by atoms with E-state index in [-0.39, 0.29) is 5.91 Å². The average molecular weight is 288 g/mol. The highest BCUT2D eigenvalue weighted by atomic mass is 16.5. The molecule has 1 aromatic carbocycles. The summed E-state index contributed by atoms with van der Waals surface area (Å²) in [5, 5.41) is 0. The second-order valence-corrected chi connectivity index (χ2v) is 6.21. The summed E-state index contributed by atoms with van der Waals surface area (Å²) in [6.07, 6.45) is 7.40. The van der Waals surface area contributed by atoms with Crippen LogP contribution in [0.4, 0.5) is 5.69 Å². The van der Waals surface area contributed by atoms with E-state index in [4.69, 9.17) is 10.5 Å². The third-order valence-electron chi connectivity index (χ3n) is 4.99. The van der Waals surface area contributed by atoms with E-state index >= 15 is 0 Å². The van der Waals surface area contributed by atoms with Crippen LogP contribution in [0.3, 0.4) is 0 Å². The zero-order chi connectivity index (χ0) is 14.8. The van der Waals surface area contributed by atoms with E-state index in [1.54, 1.807) is 25.3 Å². The van der Waals surface area contributed by atoms with E-state index in [1.165, 1.54) is 25.7 Å². The number of amides is 1. The van der Waals surface area contributed by atoms with Gasteiger partial charge < -0.3 is 15.4 Å². The van der Waals surface area contributed by atoms with Gasteiger partial charge in [0.1, 0.15) is 5.75 Å². The third-order valence-corrected chi connectivity index (χ3v) is 4.99. The minimum absolute atomic E-state index is 0.0702. The number of hydrogen-bond acceptors (Lipinski definition) is 3. The van der Waals surface area contributed by atoms with Crippen molar-refractivity contribution < 1.29 is 9.53 Å². The number of nitrogens with two attached hydrogens (primary N) is 1. The molecule has 0 radical (unpaired) electrons. The van der Waals surface area contributed by atoms with Crippen LogP contribution in [0.2, 0.25) is 0 Å². The van der Waals surface area contributed by atoms with Gasteiger partial charge in [-0.3, -0.25) is 4.79 Å². The van der Waals surface area contributed by atoms with E-state index in [1.807, 2.05) is 0 Å². The SMILES string of the molecule is COc1ccc(N)c(C(=O)N2CCCC2C2CCCC2)c1. The van der Waals surface area contributed by atoms with Gasteiger partial charge >= 0.3 is 0 Å². The molecular weight excluding hydrogens is 264 g/mol. The number of nitrogens with zero attached hydrogens (tertiary/aromatic N) is 1. The molecule has 21 heavy (non-hydrogen) atoms. The van der Waals surface area contributed by atoms with Gasteiger partial charge in [0.2, 0.25) is 0 Å². The Bertz CT molecular complexity index is 524. The maximum atomic E-state index is 12.9. The quantitative estimate of drug-likeness (QED) is 0.870. The summed E-state index contributed by atoms with van der Waals surface area (Å²) in [7, 11) is 1.61. The molecular formula is C17H24N2O2. The highest BCUT2D eigenvalue weighted by Gasteiger charge is 2.36. The molecule has 1 saturated carbocycles. The number of benzene rings is 1. The van der Waals surface area contributed by atoms with Gasteiger partial charge in [0.15, 0.2) is 0 Å². The van der Waals surface area contributed by atoms with Crippen molar-refractivity contribution in [3.05, 3.63) is 23.8 Å². The first kappa shape index (κ1) is 14.2. The zero-order valence-corrected chi connectivity index (χ0v) is 12.7. The molecule has 1 aliphatic heterocycles. The molecule has 1 amide bonds. The summed E-state index contributed by atoms with van der Waals surface area (Å²) in [6.45, 7) is 0.858. The predicted octanol–water partition coefficient (Wildman–Crippen LogP) is 3.07. The Morgan fingerprint density at radius 2 is 2.00 bits per heavy atom. The first-order chi connectivity index (χ1) is 10.2. The van der Waals surface area contributed by atoms with E-state index in [0.717, 1.165) is 19.4 Å². The van der Waals surface area contributed by atoms with E-state index in [9.17, 15) is 4.79 Å². The molecule has 1 aromatic rings. The second-order valence-electron chi connectivity index (χ2n) is 6.21. The number of carbonyl (C=O) groups excluding carboxylic acids is 1. The van der Waals surface area contributed by atoms with Gasteiger partial charge in [0, 0.05) is 18.3 Å². The highest BCUT2D eigenvalue weighted by Crippen LogP contribution is 2.36. The number of nitrogen functional groups attached to an aromatic ring is 1. The van der Waals surface area contributed by atoms with Gasteiger partial charge in [-0.15, -0.1) is 0 Å². The van der Waals surface area contributed by atoms with Crippen LogP contribution in [-0.4, -0.2) is 30.5 Å². The van der Waals surface area contributed by atoms with Crippen molar-refractivity contribution in [1.29, 1.82) is 0 Å². The number of carbonyl (C=O) groups is 1. The van der Waals surface area contributed by atoms with Gasteiger partial charge in [-0.05, 0) is 49.8 Å². The maximum Gasteiger partial charge on any atom is 0.256 e. The van der Waals surface area contributed by atoms with E-state index in [2.05, 4.69) is 4.90 Å². The van der Waals surface area contributed by atoms with Crippen molar-refractivity contribution >= 4 is 11.6 Å². The topological polar surface area (TPSA) is 55.6 Å². The highest BCUT2D eigenvalue weighted by molar-refractivity contribution is 5.99. The lowest BCUT2D eigenvalue weighted by Crippen LogP contribution is -2.39. The molecule has 3 rings (SSSR count). The summed E-state index contributed by atoms with van der Waals surface area (Å²) in [4.78, 5) is 15.0. The Kier molecular flexibility index (Phi) is 4.04. The van der Waals surface area contributed by atoms with Crippen molar-refractivity contribution in [2.45, 2.75) is 44.6 Å². The summed E-state index contributed by atoms with van der Waals surface area (Å²) >= 11 is 0. The summed E-state index contributed by atoms with van der Waals surface area (Å²) < 4.78 is 5.22. The number of methoxy groups -OCH3 is 1. The second kappa shape index (κ2) is 5.96. The Labute approximate surface area is 126 Å². The largest absolute Gasteiger partial charge is 0.497 e. The van der Waals surface area contributed by atoms with Crippen molar-refractivity contribution in [2.75, 3.05) is 19.4 Å². The molecule has 4 nitrogen and oxygen atoms in total. The van der Waals surface area contributed by atoms with E-state index in [0.29, 0.717) is 29.0 Å². The van der Waals surface area contributed by atoms with Crippen molar-refractivity contribution in [2.24, 2.45) is 5.92 Å². The number of hydrogen-bond donors (Lipinski definition) is 1. The molecule has 4 heteroatoms. The summed E-state index contributed by atoms with van der Waals surface area (Å²) in [6, 6.07) is 5.73. The summed E-state index contributed by atoms with van der Waals surface area (Å²) in [5.74, 6) is 1.44. The normalized spacial score (nSPS) is 22.7. The fourth-order valence-corrected chi connectivity index (χ4v) is 3.88. The average Bonchev–Trinajstić information content (AvgIpc) is 3.17. The lowest BCUT2D eigenvalue weighted by Gasteiger charge is -2.30. The van der Waals surface area contributed by atoms with Crippen LogP contribution in [0.1, 0.15) is 48.9 Å². The van der Waals surface area contributed by atoms with Gasteiger partial charge in [-0.25, -0.2) is 0 Å². The molecule has 1 heterocycles. The van der Waals surface area contributed by atoms with Crippen LogP contribution < -0.4 is 10.5 Å². The molecule has 1 atom stereocenters. The molecule has 2 fully saturated rings. The number of ether oxygens (including phenoxy) is 1.